The predicted molar refractivity (Wildman–Crippen MR) is 105 cm³/mol. The third-order valence-electron chi connectivity index (χ3n) is 5.80. The minimum atomic E-state index is -4.72. The van der Waals surface area contributed by atoms with Crippen LogP contribution < -0.4 is 4.74 Å². The Kier molecular flexibility index (Phi) is 4.57. The smallest absolute Gasteiger partial charge is 0.406 e. The van der Waals surface area contributed by atoms with Crippen molar-refractivity contribution in [2.24, 2.45) is 5.41 Å². The largest absolute Gasteiger partial charge is 0.573 e. The van der Waals surface area contributed by atoms with E-state index in [-0.39, 0.29) is 16.1 Å². The molecule has 2 aromatic carbocycles. The van der Waals surface area contributed by atoms with Crippen LogP contribution in [0.2, 0.25) is 0 Å². The van der Waals surface area contributed by atoms with E-state index in [1.54, 1.807) is 31.2 Å². The number of aryl methyl sites for hydroxylation is 1. The van der Waals surface area contributed by atoms with E-state index in [1.165, 1.54) is 12.3 Å². The van der Waals surface area contributed by atoms with Crippen LogP contribution in [0.3, 0.4) is 0 Å². The highest BCUT2D eigenvalue weighted by atomic mass is 32.2. The molecule has 0 atom stereocenters. The molecule has 0 radical (unpaired) electrons. The Labute approximate surface area is 168 Å². The summed E-state index contributed by atoms with van der Waals surface area (Å²) < 4.78 is 65.2. The molecule has 3 nitrogen and oxygen atoms in total. The van der Waals surface area contributed by atoms with Crippen molar-refractivity contribution < 1.29 is 26.3 Å². The van der Waals surface area contributed by atoms with Crippen molar-refractivity contribution in [2.45, 2.75) is 43.9 Å². The maximum absolute atomic E-state index is 12.6. The summed E-state index contributed by atoms with van der Waals surface area (Å²) in [6, 6.07) is 11.6. The van der Waals surface area contributed by atoms with Gasteiger partial charge in [0.25, 0.3) is 0 Å². The minimum Gasteiger partial charge on any atom is -0.406 e. The first-order valence-corrected chi connectivity index (χ1v) is 11.2. The van der Waals surface area contributed by atoms with Crippen LogP contribution in [0, 0.1) is 12.3 Å². The van der Waals surface area contributed by atoms with Gasteiger partial charge in [-0.05, 0) is 90.1 Å². The van der Waals surface area contributed by atoms with Crippen molar-refractivity contribution in [3.8, 4) is 5.75 Å². The van der Waals surface area contributed by atoms with Gasteiger partial charge in [-0.15, -0.1) is 13.2 Å². The van der Waals surface area contributed by atoms with E-state index in [9.17, 15) is 21.6 Å². The molecule has 4 rings (SSSR count). The van der Waals surface area contributed by atoms with Gasteiger partial charge in [0, 0.05) is 6.26 Å². The zero-order valence-electron chi connectivity index (χ0n) is 16.1. The highest BCUT2D eigenvalue weighted by molar-refractivity contribution is 7.90. The molecule has 0 bridgehead atoms. The fourth-order valence-corrected chi connectivity index (χ4v) is 4.72. The number of rotatable bonds is 4. The molecule has 1 fully saturated rings. The summed E-state index contributed by atoms with van der Waals surface area (Å²) in [6.07, 6.45) is 0.513. The van der Waals surface area contributed by atoms with Gasteiger partial charge in [-0.25, -0.2) is 8.42 Å². The molecule has 2 aliphatic carbocycles. The fraction of sp³-hybridized carbons (Fsp3) is 0.364. The van der Waals surface area contributed by atoms with Crippen LogP contribution in [0.1, 0.15) is 42.4 Å². The number of halogens is 3. The molecule has 0 saturated heterocycles. The Morgan fingerprint density at radius 2 is 1.48 bits per heavy atom. The molecule has 7 heteroatoms. The Morgan fingerprint density at radius 1 is 0.931 bits per heavy atom. The highest BCUT2D eigenvalue weighted by Gasteiger charge is 2.48. The molecule has 0 heterocycles. The van der Waals surface area contributed by atoms with Crippen LogP contribution in [-0.2, 0) is 9.84 Å². The molecule has 1 spiro atoms. The first-order chi connectivity index (χ1) is 13.5. The van der Waals surface area contributed by atoms with Crippen LogP contribution in [0.15, 0.2) is 47.4 Å². The molecule has 154 valence electrons. The van der Waals surface area contributed by atoms with Crippen LogP contribution in [-0.4, -0.2) is 21.0 Å². The molecule has 0 aliphatic heterocycles. The van der Waals surface area contributed by atoms with Gasteiger partial charge in [0.15, 0.2) is 9.84 Å². The lowest BCUT2D eigenvalue weighted by Gasteiger charge is -2.14. The number of hydrogen-bond donors (Lipinski definition) is 0. The first kappa shape index (κ1) is 20.0. The summed E-state index contributed by atoms with van der Waals surface area (Å²) in [5.41, 5.74) is 4.79. The quantitative estimate of drug-likeness (QED) is 0.627. The SMILES string of the molecule is Cc1cc(C2=C(c3ccc(S(C)(=O)=O)cc3)CC3(CC3)C2)ccc1OC(F)(F)F. The summed E-state index contributed by atoms with van der Waals surface area (Å²) >= 11 is 0. The topological polar surface area (TPSA) is 43.4 Å². The van der Waals surface area contributed by atoms with Crippen LogP contribution in [0.25, 0.3) is 11.1 Å². The van der Waals surface area contributed by atoms with E-state index in [4.69, 9.17) is 0 Å². The van der Waals surface area contributed by atoms with Crippen LogP contribution in [0.4, 0.5) is 13.2 Å². The molecule has 0 aromatic heterocycles. The summed E-state index contributed by atoms with van der Waals surface area (Å²) in [5, 5.41) is 0. The second-order valence-electron chi connectivity index (χ2n) is 8.14. The second-order valence-corrected chi connectivity index (χ2v) is 10.2. The number of hydrogen-bond acceptors (Lipinski definition) is 3. The fourth-order valence-electron chi connectivity index (χ4n) is 4.09. The second kappa shape index (κ2) is 6.62. The zero-order chi connectivity index (χ0) is 21.0. The summed E-state index contributed by atoms with van der Waals surface area (Å²) in [5.74, 6) is -0.194. The van der Waals surface area contributed by atoms with E-state index in [0.29, 0.717) is 5.56 Å². The third kappa shape index (κ3) is 4.20. The minimum absolute atomic E-state index is 0.194. The molecular weight excluding hydrogens is 401 g/mol. The molecule has 0 N–H and O–H groups in total. The van der Waals surface area contributed by atoms with E-state index in [1.807, 2.05) is 12.1 Å². The highest BCUT2D eigenvalue weighted by Crippen LogP contribution is 2.63. The third-order valence-corrected chi connectivity index (χ3v) is 6.93. The average Bonchev–Trinajstić information content (AvgIpc) is 3.26. The van der Waals surface area contributed by atoms with Crippen molar-refractivity contribution >= 4 is 21.0 Å². The van der Waals surface area contributed by atoms with Crippen molar-refractivity contribution in [3.05, 3.63) is 59.2 Å². The molecule has 2 aromatic rings. The van der Waals surface area contributed by atoms with Gasteiger partial charge in [0.05, 0.1) is 4.90 Å². The van der Waals surface area contributed by atoms with Crippen molar-refractivity contribution in [1.29, 1.82) is 0 Å². The number of ether oxygens (including phenoxy) is 1. The van der Waals surface area contributed by atoms with Gasteiger partial charge < -0.3 is 4.74 Å². The Bertz CT molecular complexity index is 1090. The van der Waals surface area contributed by atoms with Gasteiger partial charge in [0.1, 0.15) is 5.75 Å². The number of allylic oxidation sites excluding steroid dienone is 2. The van der Waals surface area contributed by atoms with Crippen molar-refractivity contribution in [2.75, 3.05) is 6.26 Å². The number of sulfone groups is 1. The Balaban J connectivity index is 1.72. The van der Waals surface area contributed by atoms with Gasteiger partial charge in [-0.1, -0.05) is 18.2 Å². The van der Waals surface area contributed by atoms with Gasteiger partial charge in [0.2, 0.25) is 0 Å². The summed E-state index contributed by atoms with van der Waals surface area (Å²) in [7, 11) is -3.27. The normalized spacial score (nSPS) is 18.4. The summed E-state index contributed by atoms with van der Waals surface area (Å²) in [4.78, 5) is 0.270. The molecule has 29 heavy (non-hydrogen) atoms. The number of alkyl halides is 3. The van der Waals surface area contributed by atoms with E-state index in [0.717, 1.165) is 48.0 Å². The van der Waals surface area contributed by atoms with E-state index in [2.05, 4.69) is 4.74 Å². The molecule has 1 saturated carbocycles. The maximum atomic E-state index is 12.6. The van der Waals surface area contributed by atoms with Crippen molar-refractivity contribution in [3.63, 3.8) is 0 Å². The van der Waals surface area contributed by atoms with Gasteiger partial charge in [-0.3, -0.25) is 0 Å². The summed E-state index contributed by atoms with van der Waals surface area (Å²) in [6.45, 7) is 1.60. The lowest BCUT2D eigenvalue weighted by Crippen LogP contribution is -2.17. The molecule has 0 amide bonds. The Morgan fingerprint density at radius 3 is 1.97 bits per heavy atom. The predicted octanol–water partition coefficient (Wildman–Crippen LogP) is 5.78. The molecule has 0 unspecified atom stereocenters. The lowest BCUT2D eigenvalue weighted by atomic mass is 9.96. The van der Waals surface area contributed by atoms with Crippen LogP contribution in [0.5, 0.6) is 5.75 Å². The van der Waals surface area contributed by atoms with Gasteiger partial charge in [-0.2, -0.15) is 0 Å². The lowest BCUT2D eigenvalue weighted by molar-refractivity contribution is -0.274. The standard InChI is InChI=1S/C22H21F3O3S/c1-14-11-16(5-8-20(14)28-22(23,24)25)19-13-21(9-10-21)12-18(19)15-3-6-17(7-4-15)29(2,26)27/h3-8,11H,9-10,12-13H2,1-2H3. The first-order valence-electron chi connectivity index (χ1n) is 9.35. The average molecular weight is 422 g/mol. The molecule has 2 aliphatic rings. The van der Waals surface area contributed by atoms with Crippen LogP contribution >= 0.6 is 0 Å². The van der Waals surface area contributed by atoms with E-state index < -0.39 is 16.2 Å². The van der Waals surface area contributed by atoms with Crippen molar-refractivity contribution in [1.82, 2.24) is 0 Å². The molecular formula is C22H21F3O3S. The number of benzene rings is 2. The maximum Gasteiger partial charge on any atom is 0.573 e. The Hall–Kier alpha value is -2.28. The monoisotopic (exact) mass is 422 g/mol. The zero-order valence-corrected chi connectivity index (χ0v) is 17.0. The van der Waals surface area contributed by atoms with Gasteiger partial charge >= 0.3 is 6.36 Å². The van der Waals surface area contributed by atoms with E-state index >= 15 is 0 Å².